The van der Waals surface area contributed by atoms with Crippen LogP contribution in [0, 0.1) is 0 Å². The monoisotopic (exact) mass is 217 g/mol. The van der Waals surface area contributed by atoms with Crippen molar-refractivity contribution in [2.45, 2.75) is 6.42 Å². The zero-order chi connectivity index (χ0) is 9.68. The Balaban J connectivity index is 0.00000169. The number of benzene rings is 1. The van der Waals surface area contributed by atoms with E-state index in [1.165, 1.54) is 19.2 Å². The number of aromatic hydroxyl groups is 1. The zero-order valence-electron chi connectivity index (χ0n) is 7.69. The molecule has 5 heteroatoms. The molecule has 1 aromatic rings. The van der Waals surface area contributed by atoms with E-state index in [1.54, 1.807) is 12.1 Å². The fourth-order valence-electron chi connectivity index (χ4n) is 0.930. The summed E-state index contributed by atoms with van der Waals surface area (Å²) in [6, 6.07) is 6.41. The van der Waals surface area contributed by atoms with Crippen LogP contribution in [-0.2, 0) is 16.1 Å². The number of phenolic OH excluding ortho intramolecular Hbond substituents is 1. The van der Waals surface area contributed by atoms with E-state index in [4.69, 9.17) is 5.11 Å². The Morgan fingerprint density at radius 3 is 2.50 bits per heavy atom. The molecule has 0 heterocycles. The largest absolute Gasteiger partial charge is 0.508 e. The molecule has 0 unspecified atom stereocenters. The highest BCUT2D eigenvalue weighted by Crippen LogP contribution is 2.10. The van der Waals surface area contributed by atoms with E-state index in [0.29, 0.717) is 0 Å². The van der Waals surface area contributed by atoms with Crippen molar-refractivity contribution >= 4 is 18.4 Å². The minimum absolute atomic E-state index is 0. The first-order chi connectivity index (χ1) is 6.22. The number of hydrogen-bond donors (Lipinski definition) is 2. The summed E-state index contributed by atoms with van der Waals surface area (Å²) in [4.78, 5) is 15.5. The van der Waals surface area contributed by atoms with Crippen LogP contribution < -0.4 is 5.48 Å². The summed E-state index contributed by atoms with van der Waals surface area (Å²) in [7, 11) is 1.52. The van der Waals surface area contributed by atoms with Crippen molar-refractivity contribution in [3.63, 3.8) is 0 Å². The average molecular weight is 218 g/mol. The van der Waals surface area contributed by atoms with Crippen LogP contribution in [0.2, 0.25) is 0 Å². The maximum absolute atomic E-state index is 11.0. The smallest absolute Gasteiger partial charge is 0.329 e. The van der Waals surface area contributed by atoms with Crippen molar-refractivity contribution < 1.29 is 14.7 Å². The van der Waals surface area contributed by atoms with Gasteiger partial charge in [-0.1, -0.05) is 12.1 Å². The van der Waals surface area contributed by atoms with Gasteiger partial charge in [0.15, 0.2) is 0 Å². The Kier molecular flexibility index (Phi) is 5.67. The summed E-state index contributed by atoms with van der Waals surface area (Å²) < 4.78 is 0. The molecule has 0 aliphatic rings. The number of hydrogen-bond acceptors (Lipinski definition) is 4. The summed E-state index contributed by atoms with van der Waals surface area (Å²) in [5.41, 5.74) is 3.10. The predicted molar refractivity (Wildman–Crippen MR) is 54.2 cm³/mol. The summed E-state index contributed by atoms with van der Waals surface area (Å²) in [6.07, 6.45) is 0.196. The maximum atomic E-state index is 11.0. The molecule has 0 spiro atoms. The summed E-state index contributed by atoms with van der Waals surface area (Å²) in [5.74, 6) is -0.168. The minimum atomic E-state index is -0.354. The van der Waals surface area contributed by atoms with Gasteiger partial charge in [-0.05, 0) is 17.7 Å². The van der Waals surface area contributed by atoms with Crippen LogP contribution in [-0.4, -0.2) is 18.1 Å². The third-order valence-corrected chi connectivity index (χ3v) is 1.50. The molecule has 1 aromatic carbocycles. The summed E-state index contributed by atoms with van der Waals surface area (Å²) in [5, 5.41) is 8.97. The fourth-order valence-corrected chi connectivity index (χ4v) is 0.930. The number of carbonyl (C=O) groups is 1. The van der Waals surface area contributed by atoms with Crippen LogP contribution in [0.4, 0.5) is 0 Å². The molecular weight excluding hydrogens is 206 g/mol. The molecule has 0 aliphatic heterocycles. The van der Waals surface area contributed by atoms with Gasteiger partial charge in [0, 0.05) is 7.05 Å². The van der Waals surface area contributed by atoms with Crippen LogP contribution >= 0.6 is 12.4 Å². The first-order valence-corrected chi connectivity index (χ1v) is 3.86. The molecule has 0 aromatic heterocycles. The highest BCUT2D eigenvalue weighted by molar-refractivity contribution is 5.85. The quantitative estimate of drug-likeness (QED) is 0.743. The van der Waals surface area contributed by atoms with Gasteiger partial charge in [0.2, 0.25) is 0 Å². The Morgan fingerprint density at radius 2 is 2.00 bits per heavy atom. The van der Waals surface area contributed by atoms with Gasteiger partial charge in [0.1, 0.15) is 5.75 Å². The first-order valence-electron chi connectivity index (χ1n) is 3.86. The van der Waals surface area contributed by atoms with E-state index in [-0.39, 0.29) is 30.5 Å². The molecule has 2 N–H and O–H groups in total. The van der Waals surface area contributed by atoms with Crippen LogP contribution in [0.3, 0.4) is 0 Å². The van der Waals surface area contributed by atoms with Gasteiger partial charge in [-0.2, -0.15) is 5.48 Å². The van der Waals surface area contributed by atoms with Crippen molar-refractivity contribution in [1.29, 1.82) is 0 Å². The highest BCUT2D eigenvalue weighted by Gasteiger charge is 2.03. The van der Waals surface area contributed by atoms with Gasteiger partial charge in [0.05, 0.1) is 6.42 Å². The number of phenols is 1. The second-order valence-corrected chi connectivity index (χ2v) is 2.52. The van der Waals surface area contributed by atoms with Crippen LogP contribution in [0.5, 0.6) is 5.75 Å². The van der Waals surface area contributed by atoms with Crippen LogP contribution in [0.25, 0.3) is 0 Å². The molecule has 0 amide bonds. The van der Waals surface area contributed by atoms with E-state index in [0.717, 1.165) is 5.56 Å². The van der Waals surface area contributed by atoms with E-state index in [9.17, 15) is 4.79 Å². The van der Waals surface area contributed by atoms with Gasteiger partial charge in [-0.3, -0.25) is 4.79 Å². The first kappa shape index (κ1) is 12.7. The Hall–Kier alpha value is -1.26. The van der Waals surface area contributed by atoms with Crippen LogP contribution in [0.1, 0.15) is 5.56 Å². The molecule has 78 valence electrons. The summed E-state index contributed by atoms with van der Waals surface area (Å²) >= 11 is 0. The number of nitrogens with one attached hydrogen (secondary N) is 1. The predicted octanol–water partition coefficient (Wildman–Crippen LogP) is 1.03. The van der Waals surface area contributed by atoms with E-state index < -0.39 is 0 Å². The number of rotatable bonds is 3. The van der Waals surface area contributed by atoms with Gasteiger partial charge in [0.25, 0.3) is 0 Å². The molecule has 0 atom stereocenters. The van der Waals surface area contributed by atoms with Crippen LogP contribution in [0.15, 0.2) is 24.3 Å². The van der Waals surface area contributed by atoms with Gasteiger partial charge in [-0.15, -0.1) is 12.4 Å². The van der Waals surface area contributed by atoms with Crippen molar-refractivity contribution in [3.8, 4) is 5.75 Å². The second-order valence-electron chi connectivity index (χ2n) is 2.52. The van der Waals surface area contributed by atoms with Crippen molar-refractivity contribution in [3.05, 3.63) is 29.8 Å². The third kappa shape index (κ3) is 4.11. The van der Waals surface area contributed by atoms with Gasteiger partial charge in [-0.25, -0.2) is 0 Å². The lowest BCUT2D eigenvalue weighted by Crippen LogP contribution is -2.16. The normalized spacial score (nSPS) is 8.93. The Bertz CT molecular complexity index is 287. The Labute approximate surface area is 88.3 Å². The number of halogens is 1. The average Bonchev–Trinajstić information content (AvgIpc) is 2.09. The molecule has 1 rings (SSSR count). The SMILES string of the molecule is CNOC(=O)Cc1ccc(O)cc1.Cl. The highest BCUT2D eigenvalue weighted by atomic mass is 35.5. The second kappa shape index (κ2) is 6.23. The van der Waals surface area contributed by atoms with Gasteiger partial charge < -0.3 is 9.94 Å². The van der Waals surface area contributed by atoms with Crippen molar-refractivity contribution in [2.75, 3.05) is 7.05 Å². The van der Waals surface area contributed by atoms with E-state index >= 15 is 0 Å². The minimum Gasteiger partial charge on any atom is -0.508 e. The lowest BCUT2D eigenvalue weighted by atomic mass is 10.1. The van der Waals surface area contributed by atoms with Crippen molar-refractivity contribution in [2.24, 2.45) is 0 Å². The molecule has 14 heavy (non-hydrogen) atoms. The van der Waals surface area contributed by atoms with E-state index in [2.05, 4.69) is 10.3 Å². The van der Waals surface area contributed by atoms with Crippen molar-refractivity contribution in [1.82, 2.24) is 5.48 Å². The molecular formula is C9H12ClNO3. The maximum Gasteiger partial charge on any atom is 0.329 e. The molecule has 0 saturated heterocycles. The Morgan fingerprint density at radius 1 is 1.43 bits per heavy atom. The molecule has 0 aliphatic carbocycles. The zero-order valence-corrected chi connectivity index (χ0v) is 8.50. The topological polar surface area (TPSA) is 58.6 Å². The standard InChI is InChI=1S/C9H11NO3.ClH/c1-10-13-9(12)6-7-2-4-8(11)5-3-7;/h2-5,10-11H,6H2,1H3;1H. The summed E-state index contributed by atoms with van der Waals surface area (Å²) in [6.45, 7) is 0. The molecule has 0 fully saturated rings. The number of carbonyl (C=O) groups excluding carboxylic acids is 1. The lowest BCUT2D eigenvalue weighted by molar-refractivity contribution is -0.149. The third-order valence-electron chi connectivity index (χ3n) is 1.50. The lowest BCUT2D eigenvalue weighted by Gasteiger charge is -2.01. The number of hydroxylamine groups is 1. The fraction of sp³-hybridized carbons (Fsp3) is 0.222. The molecule has 0 radical (unpaired) electrons. The molecule has 4 nitrogen and oxygen atoms in total. The van der Waals surface area contributed by atoms with E-state index in [1.807, 2.05) is 0 Å². The van der Waals surface area contributed by atoms with Gasteiger partial charge >= 0.3 is 5.97 Å². The molecule has 0 bridgehead atoms. The molecule has 0 saturated carbocycles.